The van der Waals surface area contributed by atoms with Crippen molar-refractivity contribution in [2.45, 2.75) is 31.8 Å². The lowest BCUT2D eigenvalue weighted by Crippen LogP contribution is -2.43. The Morgan fingerprint density at radius 2 is 1.47 bits per heavy atom. The van der Waals surface area contributed by atoms with Crippen LogP contribution in [-0.2, 0) is 28.6 Å². The van der Waals surface area contributed by atoms with Crippen molar-refractivity contribution in [3.8, 4) is 11.3 Å². The van der Waals surface area contributed by atoms with E-state index in [9.17, 15) is 34.2 Å². The molecule has 1 aliphatic heterocycles. The van der Waals surface area contributed by atoms with Crippen LogP contribution in [0.1, 0.15) is 40.6 Å². The Labute approximate surface area is 270 Å². The maximum absolute atomic E-state index is 13.6. The van der Waals surface area contributed by atoms with Crippen LogP contribution in [0.4, 0.5) is 11.6 Å². The normalized spacial score (nSPS) is 14.1. The van der Waals surface area contributed by atoms with E-state index in [2.05, 4.69) is 10.6 Å². The number of carbonyl (C=O) groups is 5. The Bertz CT molecular complexity index is 1410. The minimum Gasteiger partial charge on any atom is -0.481 e. The van der Waals surface area contributed by atoms with Crippen LogP contribution in [0.15, 0.2) is 24.3 Å². The van der Waals surface area contributed by atoms with Gasteiger partial charge in [0.2, 0.25) is 0 Å². The Balaban J connectivity index is 2.16. The Hall–Kier alpha value is -4.87. The SMILES string of the molecule is CC[C@@H](NC(=O)c1nc(N(CCOC)CCOC)c(-c2ccc(C(=O)N[C@H](CC(=O)O)C(=O)O)cc2)nc1N1CCOCC1)C(=O)O. The summed E-state index contributed by atoms with van der Waals surface area (Å²) in [4.78, 5) is 74.0. The number of aliphatic carboxylic acids is 3. The molecule has 0 aliphatic carbocycles. The number of rotatable bonds is 18. The van der Waals surface area contributed by atoms with Crippen molar-refractivity contribution in [1.82, 2.24) is 20.6 Å². The van der Waals surface area contributed by atoms with Gasteiger partial charge in [0.25, 0.3) is 11.8 Å². The van der Waals surface area contributed by atoms with Crippen molar-refractivity contribution in [2.24, 2.45) is 0 Å². The van der Waals surface area contributed by atoms with Crippen LogP contribution in [0.25, 0.3) is 11.3 Å². The molecular weight excluding hydrogens is 620 g/mol. The van der Waals surface area contributed by atoms with Gasteiger partial charge in [-0.2, -0.15) is 0 Å². The highest BCUT2D eigenvalue weighted by Gasteiger charge is 2.30. The van der Waals surface area contributed by atoms with E-state index in [0.717, 1.165) is 0 Å². The third-order valence-electron chi connectivity index (χ3n) is 7.23. The van der Waals surface area contributed by atoms with Gasteiger partial charge in [-0.05, 0) is 18.6 Å². The molecule has 17 heteroatoms. The maximum Gasteiger partial charge on any atom is 0.326 e. The molecular formula is C30H40N6O11. The number of hydrogen-bond acceptors (Lipinski definition) is 12. The van der Waals surface area contributed by atoms with Gasteiger partial charge in [0.15, 0.2) is 17.3 Å². The maximum atomic E-state index is 13.6. The number of nitrogens with zero attached hydrogens (tertiary/aromatic N) is 4. The van der Waals surface area contributed by atoms with Gasteiger partial charge in [-0.15, -0.1) is 0 Å². The summed E-state index contributed by atoms with van der Waals surface area (Å²) in [6, 6.07) is 3.21. The fraction of sp³-hybridized carbons (Fsp3) is 0.500. The van der Waals surface area contributed by atoms with E-state index in [1.165, 1.54) is 26.4 Å². The van der Waals surface area contributed by atoms with Gasteiger partial charge in [-0.3, -0.25) is 14.4 Å². The summed E-state index contributed by atoms with van der Waals surface area (Å²) in [5.41, 5.74) is 0.808. The topological polar surface area (TPSA) is 230 Å². The summed E-state index contributed by atoms with van der Waals surface area (Å²) in [5.74, 6) is -5.09. The van der Waals surface area contributed by atoms with Gasteiger partial charge in [0, 0.05) is 51.5 Å². The molecule has 1 aliphatic rings. The molecule has 1 saturated heterocycles. The molecule has 2 heterocycles. The number of aromatic nitrogens is 2. The van der Waals surface area contributed by atoms with Gasteiger partial charge in [-0.25, -0.2) is 19.6 Å². The van der Waals surface area contributed by atoms with Crippen molar-refractivity contribution >= 4 is 41.4 Å². The minimum absolute atomic E-state index is 0.0687. The molecule has 0 spiro atoms. The molecule has 256 valence electrons. The lowest BCUT2D eigenvalue weighted by Gasteiger charge is -2.31. The number of carboxylic acids is 3. The third-order valence-corrected chi connectivity index (χ3v) is 7.23. The molecule has 2 atom stereocenters. The lowest BCUT2D eigenvalue weighted by molar-refractivity contribution is -0.145. The van der Waals surface area contributed by atoms with Gasteiger partial charge in [0.05, 0.1) is 32.8 Å². The highest BCUT2D eigenvalue weighted by atomic mass is 16.5. The number of carboxylic acid groups (broad SMARTS) is 3. The molecule has 0 bridgehead atoms. The van der Waals surface area contributed by atoms with E-state index in [-0.39, 0.29) is 42.5 Å². The molecule has 0 saturated carbocycles. The zero-order valence-electron chi connectivity index (χ0n) is 26.4. The first-order valence-corrected chi connectivity index (χ1v) is 14.9. The zero-order chi connectivity index (χ0) is 34.5. The summed E-state index contributed by atoms with van der Waals surface area (Å²) < 4.78 is 16.1. The smallest absolute Gasteiger partial charge is 0.326 e. The van der Waals surface area contributed by atoms with E-state index >= 15 is 0 Å². The van der Waals surface area contributed by atoms with Crippen LogP contribution >= 0.6 is 0 Å². The van der Waals surface area contributed by atoms with Crippen molar-refractivity contribution in [2.75, 3.05) is 76.6 Å². The van der Waals surface area contributed by atoms with Crippen molar-refractivity contribution in [1.29, 1.82) is 0 Å². The fourth-order valence-corrected chi connectivity index (χ4v) is 4.67. The predicted molar refractivity (Wildman–Crippen MR) is 167 cm³/mol. The van der Waals surface area contributed by atoms with Crippen LogP contribution in [0.5, 0.6) is 0 Å². The molecule has 3 rings (SSSR count). The third kappa shape index (κ3) is 10.1. The second-order valence-corrected chi connectivity index (χ2v) is 10.5. The van der Waals surface area contributed by atoms with Gasteiger partial charge >= 0.3 is 17.9 Å². The van der Waals surface area contributed by atoms with E-state index < -0.39 is 48.2 Å². The van der Waals surface area contributed by atoms with Gasteiger partial charge < -0.3 is 50.0 Å². The Morgan fingerprint density at radius 1 is 0.894 bits per heavy atom. The average molecular weight is 661 g/mol. The summed E-state index contributed by atoms with van der Waals surface area (Å²) >= 11 is 0. The summed E-state index contributed by atoms with van der Waals surface area (Å²) in [6.07, 6.45) is -0.657. The standard InChI is InChI=1S/C30H40N6O11/c1-4-20(29(41)42)31-28(40)24-26(36-11-15-47-16-12-36)33-23(25(34-24)35(9-13-45-2)10-14-46-3)18-5-7-19(8-6-18)27(39)32-21(30(43)44)17-22(37)38/h5-8,20-21H,4,9-17H2,1-3H3,(H,31,40)(H,32,39)(H,37,38)(H,41,42)(H,43,44)/t20-,21-/m1/s1. The number of carbonyl (C=O) groups excluding carboxylic acids is 2. The number of ether oxygens (including phenoxy) is 3. The van der Waals surface area contributed by atoms with E-state index in [1.807, 2.05) is 9.80 Å². The van der Waals surface area contributed by atoms with Crippen LogP contribution in [0.2, 0.25) is 0 Å². The van der Waals surface area contributed by atoms with E-state index in [0.29, 0.717) is 50.7 Å². The molecule has 1 fully saturated rings. The minimum atomic E-state index is -1.63. The molecule has 1 aromatic heterocycles. The number of anilines is 2. The molecule has 0 unspecified atom stereocenters. The average Bonchev–Trinajstić information content (AvgIpc) is 3.06. The second kappa shape index (κ2) is 17.7. The highest BCUT2D eigenvalue weighted by molar-refractivity contribution is 6.00. The molecule has 0 radical (unpaired) electrons. The first-order chi connectivity index (χ1) is 22.5. The number of amides is 2. The number of nitrogens with one attached hydrogen (secondary N) is 2. The van der Waals surface area contributed by atoms with Crippen molar-refractivity contribution in [3.63, 3.8) is 0 Å². The zero-order valence-corrected chi connectivity index (χ0v) is 26.4. The van der Waals surface area contributed by atoms with Crippen LogP contribution in [0.3, 0.4) is 0 Å². The summed E-state index contributed by atoms with van der Waals surface area (Å²) in [7, 11) is 3.07. The van der Waals surface area contributed by atoms with E-state index in [4.69, 9.17) is 29.3 Å². The highest BCUT2D eigenvalue weighted by Crippen LogP contribution is 2.32. The van der Waals surface area contributed by atoms with Crippen LogP contribution in [-0.4, -0.2) is 134 Å². The fourth-order valence-electron chi connectivity index (χ4n) is 4.67. The van der Waals surface area contributed by atoms with Gasteiger partial charge in [-0.1, -0.05) is 19.1 Å². The number of hydrogen-bond donors (Lipinski definition) is 5. The molecule has 5 N–H and O–H groups in total. The first kappa shape index (κ1) is 36.6. The van der Waals surface area contributed by atoms with Crippen LogP contribution < -0.4 is 20.4 Å². The largest absolute Gasteiger partial charge is 0.481 e. The van der Waals surface area contributed by atoms with Gasteiger partial charge in [0.1, 0.15) is 17.8 Å². The number of benzene rings is 1. The number of morpholine rings is 1. The number of methoxy groups -OCH3 is 2. The molecule has 2 aromatic rings. The Kier molecular flexibility index (Phi) is 13.8. The molecule has 17 nitrogen and oxygen atoms in total. The Morgan fingerprint density at radius 3 is 1.98 bits per heavy atom. The lowest BCUT2D eigenvalue weighted by atomic mass is 10.1. The summed E-state index contributed by atoms with van der Waals surface area (Å²) in [5, 5.41) is 32.7. The monoisotopic (exact) mass is 660 g/mol. The van der Waals surface area contributed by atoms with Crippen LogP contribution in [0, 0.1) is 0 Å². The quantitative estimate of drug-likeness (QED) is 0.145. The van der Waals surface area contributed by atoms with Crippen molar-refractivity contribution in [3.05, 3.63) is 35.5 Å². The first-order valence-electron chi connectivity index (χ1n) is 14.9. The van der Waals surface area contributed by atoms with Crippen molar-refractivity contribution < 1.29 is 53.5 Å². The molecule has 1 aromatic carbocycles. The predicted octanol–water partition coefficient (Wildman–Crippen LogP) is 0.330. The second-order valence-electron chi connectivity index (χ2n) is 10.5. The summed E-state index contributed by atoms with van der Waals surface area (Å²) in [6.45, 7) is 4.37. The molecule has 47 heavy (non-hydrogen) atoms. The van der Waals surface area contributed by atoms with E-state index in [1.54, 1.807) is 19.1 Å². The molecule has 2 amide bonds.